The summed E-state index contributed by atoms with van der Waals surface area (Å²) < 4.78 is 89.5. The van der Waals surface area contributed by atoms with Crippen molar-refractivity contribution < 1.29 is 45.4 Å². The molecular weight excluding hydrogens is 981 g/mol. The first-order chi connectivity index (χ1) is 34.2. The van der Waals surface area contributed by atoms with E-state index in [2.05, 4.69) is 30.3 Å². The first kappa shape index (κ1) is 53.4. The average molecular weight is 1050 g/mol. The summed E-state index contributed by atoms with van der Waals surface area (Å²) in [6.07, 6.45) is 2.50. The molecule has 1 atom stereocenters. The van der Waals surface area contributed by atoms with E-state index in [9.17, 15) is 9.90 Å². The zero-order valence-electron chi connectivity index (χ0n) is 41.8. The number of benzene rings is 4. The molecule has 1 amide bonds. The summed E-state index contributed by atoms with van der Waals surface area (Å²) in [6, 6.07) is 24.0. The van der Waals surface area contributed by atoms with Gasteiger partial charge in [-0.2, -0.15) is 9.10 Å². The van der Waals surface area contributed by atoms with Crippen molar-refractivity contribution in [2.45, 2.75) is 93.2 Å². The van der Waals surface area contributed by atoms with Gasteiger partial charge in [-0.05, 0) is 101 Å². The molecule has 20 nitrogen and oxygen atoms in total. The van der Waals surface area contributed by atoms with Crippen LogP contribution >= 0.6 is 0 Å². The Morgan fingerprint density at radius 1 is 0.833 bits per heavy atom. The Bertz CT molecular complexity index is 2930. The molecule has 0 bridgehead atoms. The molecule has 72 heavy (non-hydrogen) atoms. The number of nitrogens with zero attached hydrogens (tertiary/aromatic N) is 7. The van der Waals surface area contributed by atoms with Crippen LogP contribution < -0.4 is 29.1 Å². The van der Waals surface area contributed by atoms with Crippen LogP contribution in [-0.4, -0.2) is 124 Å². The Kier molecular flexibility index (Phi) is 16.8. The number of amides is 1. The van der Waals surface area contributed by atoms with E-state index in [1.807, 2.05) is 50.9 Å². The largest absolute Gasteiger partial charge is 0.497 e. The number of aromatic amines is 1. The van der Waals surface area contributed by atoms with Crippen LogP contribution in [0.1, 0.15) is 62.0 Å². The molecule has 2 aromatic heterocycles. The Hall–Kier alpha value is -6.37. The maximum atomic E-state index is 16.2. The minimum atomic E-state index is -4.93. The molecule has 1 fully saturated rings. The van der Waals surface area contributed by atoms with Crippen molar-refractivity contribution in [3.05, 3.63) is 120 Å². The van der Waals surface area contributed by atoms with Gasteiger partial charge in [-0.1, -0.05) is 57.2 Å². The molecule has 1 unspecified atom stereocenters. The zero-order chi connectivity index (χ0) is 51.8. The summed E-state index contributed by atoms with van der Waals surface area (Å²) in [5, 5.41) is 25.3. The van der Waals surface area contributed by atoms with Crippen LogP contribution in [0.3, 0.4) is 0 Å². The number of anilines is 1. The summed E-state index contributed by atoms with van der Waals surface area (Å²) in [7, 11) is -7.73. The molecule has 0 radical (unpaired) electrons. The first-order valence-corrected chi connectivity index (χ1v) is 29.3. The highest BCUT2D eigenvalue weighted by Crippen LogP contribution is 2.43. The topological polar surface area (TPSA) is 245 Å². The van der Waals surface area contributed by atoms with Gasteiger partial charge in [0.15, 0.2) is 8.32 Å². The van der Waals surface area contributed by atoms with Crippen molar-refractivity contribution in [1.82, 2.24) is 44.5 Å². The van der Waals surface area contributed by atoms with Gasteiger partial charge in [-0.3, -0.25) is 0 Å². The van der Waals surface area contributed by atoms with Crippen LogP contribution in [0.5, 0.6) is 17.2 Å². The zero-order valence-corrected chi connectivity index (χ0v) is 44.5. The number of hydrogen-bond donors (Lipinski definition) is 4. The van der Waals surface area contributed by atoms with E-state index < -0.39 is 56.9 Å². The number of piperidine rings is 1. The number of tetrazole rings is 1. The number of sulfonamides is 2. The van der Waals surface area contributed by atoms with E-state index in [1.165, 1.54) is 29.4 Å². The van der Waals surface area contributed by atoms with E-state index in [4.69, 9.17) is 23.7 Å². The highest BCUT2D eigenvalue weighted by molar-refractivity contribution is 7.92. The molecule has 1 aliphatic heterocycles. The minimum absolute atomic E-state index is 0.0635. The third kappa shape index (κ3) is 12.8. The van der Waals surface area contributed by atoms with E-state index in [0.29, 0.717) is 60.0 Å². The lowest BCUT2D eigenvalue weighted by Crippen LogP contribution is -2.50. The van der Waals surface area contributed by atoms with Crippen molar-refractivity contribution >= 4 is 40.1 Å². The lowest BCUT2D eigenvalue weighted by Gasteiger charge is -2.39. The Morgan fingerprint density at radius 3 is 1.89 bits per heavy atom. The van der Waals surface area contributed by atoms with Crippen molar-refractivity contribution in [3.8, 4) is 28.6 Å². The Morgan fingerprint density at radius 2 is 1.39 bits per heavy atom. The highest BCUT2D eigenvalue weighted by atomic mass is 32.2. The molecule has 6 aromatic rings. The molecule has 386 valence electrons. The van der Waals surface area contributed by atoms with Crippen LogP contribution in [0.2, 0.25) is 18.1 Å². The van der Waals surface area contributed by atoms with E-state index in [0.717, 1.165) is 11.4 Å². The summed E-state index contributed by atoms with van der Waals surface area (Å²) in [5.74, 6) is 2.59. The minimum Gasteiger partial charge on any atom is -0.497 e. The summed E-state index contributed by atoms with van der Waals surface area (Å²) >= 11 is 0. The molecule has 23 heteroatoms. The third-order valence-electron chi connectivity index (χ3n) is 13.2. The molecule has 7 rings (SSSR count). The SMILES string of the molecule is COc1ccc(CN(Cc2ccc(OC)cc2)S(=O)(=O)c2c(S(=O)(=O)NCC(CNC(=O)O)O[Si](C)(C)C(C)(C)C)ccc(N3CCC(c4ncc[nH]4)CC3)c2-c2nnn(Cc3ccc(OC)cc3)n2)cc1. The van der Waals surface area contributed by atoms with E-state index in [1.54, 1.807) is 86.2 Å². The lowest BCUT2D eigenvalue weighted by molar-refractivity contribution is 0.163. The van der Waals surface area contributed by atoms with Crippen molar-refractivity contribution in [1.29, 1.82) is 0 Å². The second-order valence-corrected chi connectivity index (χ2v) is 27.4. The third-order valence-corrected chi connectivity index (χ3v) is 21.2. The molecule has 3 heterocycles. The van der Waals surface area contributed by atoms with Gasteiger partial charge in [0.05, 0.1) is 39.5 Å². The average Bonchev–Trinajstić information content (AvgIpc) is 4.08. The van der Waals surface area contributed by atoms with Crippen LogP contribution in [0.15, 0.2) is 107 Å². The van der Waals surface area contributed by atoms with Gasteiger partial charge in [-0.25, -0.2) is 31.3 Å². The normalized spacial score (nSPS) is 14.3. The molecule has 0 saturated carbocycles. The molecule has 4 aromatic carbocycles. The second kappa shape index (κ2) is 22.6. The monoisotopic (exact) mass is 1040 g/mol. The number of carboxylic acid groups (broad SMARTS) is 1. The van der Waals surface area contributed by atoms with Gasteiger partial charge in [-0.15, -0.1) is 10.2 Å². The number of aromatic nitrogens is 6. The molecule has 0 spiro atoms. The molecule has 0 aliphatic carbocycles. The summed E-state index contributed by atoms with van der Waals surface area (Å²) in [6.45, 7) is 9.99. The summed E-state index contributed by atoms with van der Waals surface area (Å²) in [5.41, 5.74) is 2.30. The quantitative estimate of drug-likeness (QED) is 0.0508. The number of ether oxygens (including phenoxy) is 3. The van der Waals surface area contributed by atoms with Crippen LogP contribution in [0, 0.1) is 0 Å². The standard InChI is InChI=1S/C49H64N10O10S2Si/c1-49(2,3)72(7,8)69-41(29-52-48(60)61)30-53-70(62,63)43-22-21-42(57-27-23-37(24-28-57)46-50-25-26-51-46)44(47-54-56-59(55-47)33-36-13-19-40(68-6)20-14-36)45(43)71(64,65)58(31-34-9-15-38(66-4)16-10-34)32-35-11-17-39(67-5)18-12-35/h9-22,25-26,37,41,52-53H,23-24,27-33H2,1-8H3,(H,50,51)(H,60,61). The Balaban J connectivity index is 1.43. The van der Waals surface area contributed by atoms with Crippen LogP contribution in [0.4, 0.5) is 10.5 Å². The van der Waals surface area contributed by atoms with Gasteiger partial charge < -0.3 is 38.9 Å². The van der Waals surface area contributed by atoms with Crippen molar-refractivity contribution in [3.63, 3.8) is 0 Å². The Labute approximate surface area is 422 Å². The number of methoxy groups -OCH3 is 3. The fourth-order valence-electron chi connectivity index (χ4n) is 8.15. The molecule has 1 aliphatic rings. The van der Waals surface area contributed by atoms with Crippen molar-refractivity contribution in [2.24, 2.45) is 0 Å². The number of nitrogens with one attached hydrogen (secondary N) is 3. The smallest absolute Gasteiger partial charge is 0.404 e. The molecule has 4 N–H and O–H groups in total. The molecular formula is C49H64N10O10S2Si. The molecule has 1 saturated heterocycles. The first-order valence-electron chi connectivity index (χ1n) is 23.4. The summed E-state index contributed by atoms with van der Waals surface area (Å²) in [4.78, 5) is 21.7. The van der Waals surface area contributed by atoms with Crippen LogP contribution in [-0.2, 0) is 44.1 Å². The van der Waals surface area contributed by atoms with E-state index in [-0.39, 0.29) is 48.5 Å². The predicted octanol–water partition coefficient (Wildman–Crippen LogP) is 6.85. The van der Waals surface area contributed by atoms with Gasteiger partial charge >= 0.3 is 6.09 Å². The number of H-pyrrole nitrogens is 1. The predicted molar refractivity (Wildman–Crippen MR) is 274 cm³/mol. The number of imidazole rings is 1. The maximum Gasteiger partial charge on any atom is 0.404 e. The van der Waals surface area contributed by atoms with Crippen LogP contribution in [0.25, 0.3) is 11.4 Å². The van der Waals surface area contributed by atoms with Gasteiger partial charge in [0.2, 0.25) is 25.9 Å². The van der Waals surface area contributed by atoms with Gasteiger partial charge in [0.1, 0.15) is 32.9 Å². The highest BCUT2D eigenvalue weighted by Gasteiger charge is 2.42. The van der Waals surface area contributed by atoms with Gasteiger partial charge in [0.25, 0.3) is 0 Å². The lowest BCUT2D eigenvalue weighted by atomic mass is 9.95. The van der Waals surface area contributed by atoms with Crippen molar-refractivity contribution in [2.75, 3.05) is 52.4 Å². The fourth-order valence-corrected chi connectivity index (χ4v) is 13.0. The van der Waals surface area contributed by atoms with E-state index >= 15 is 16.8 Å². The second-order valence-electron chi connectivity index (χ2n) is 19.0. The van der Waals surface area contributed by atoms with Gasteiger partial charge in [0, 0.05) is 63.3 Å². The maximum absolute atomic E-state index is 16.2. The number of carbonyl (C=O) groups is 1. The fraction of sp³-hybridized carbons (Fsp3) is 0.408. The number of hydrogen-bond acceptors (Lipinski definition) is 14. The number of rotatable bonds is 22.